The average molecular weight is 235 g/mol. The molecule has 0 aliphatic rings. The van der Waals surface area contributed by atoms with Crippen molar-refractivity contribution in [2.24, 2.45) is 0 Å². The summed E-state index contributed by atoms with van der Waals surface area (Å²) in [5.74, 6) is -0.725. The van der Waals surface area contributed by atoms with Gasteiger partial charge in [0.1, 0.15) is 6.04 Å². The number of carboxylic acids is 1. The maximum Gasteiger partial charge on any atom is 0.320 e. The summed E-state index contributed by atoms with van der Waals surface area (Å²) in [5.41, 5.74) is 1.17. The highest BCUT2D eigenvalue weighted by atomic mass is 16.4. The van der Waals surface area contributed by atoms with Gasteiger partial charge in [-0.3, -0.25) is 9.69 Å². The van der Waals surface area contributed by atoms with Crippen LogP contribution in [-0.2, 0) is 11.3 Å². The number of aliphatic carboxylic acids is 1. The second-order valence-electron chi connectivity index (χ2n) is 4.22. The molecule has 1 aromatic rings. The van der Waals surface area contributed by atoms with Gasteiger partial charge >= 0.3 is 5.97 Å². The van der Waals surface area contributed by atoms with Gasteiger partial charge in [0.25, 0.3) is 0 Å². The molecule has 0 saturated carbocycles. The van der Waals surface area contributed by atoms with Crippen molar-refractivity contribution in [3.05, 3.63) is 35.9 Å². The molecule has 0 heterocycles. The third-order valence-electron chi connectivity index (χ3n) is 2.85. The van der Waals surface area contributed by atoms with Gasteiger partial charge in [-0.25, -0.2) is 0 Å². The summed E-state index contributed by atoms with van der Waals surface area (Å²) in [5, 5.41) is 9.21. The number of benzene rings is 1. The summed E-state index contributed by atoms with van der Waals surface area (Å²) >= 11 is 0. The van der Waals surface area contributed by atoms with Crippen molar-refractivity contribution in [3.63, 3.8) is 0 Å². The summed E-state index contributed by atoms with van der Waals surface area (Å²) < 4.78 is 0. The van der Waals surface area contributed by atoms with E-state index in [0.29, 0.717) is 13.0 Å². The smallest absolute Gasteiger partial charge is 0.320 e. The first-order valence-corrected chi connectivity index (χ1v) is 6.19. The standard InChI is InChI=1S/C14H21NO2/c1-3-10-15(13(4-2)14(16)17)11-12-8-6-5-7-9-12/h5-9,13H,3-4,10-11H2,1-2H3,(H,16,17). The Kier molecular flexibility index (Phi) is 5.70. The quantitative estimate of drug-likeness (QED) is 0.790. The molecule has 0 amide bonds. The van der Waals surface area contributed by atoms with Crippen molar-refractivity contribution in [2.75, 3.05) is 6.54 Å². The molecule has 3 nitrogen and oxygen atoms in total. The van der Waals surface area contributed by atoms with Crippen LogP contribution in [0.15, 0.2) is 30.3 Å². The Morgan fingerprint density at radius 2 is 1.94 bits per heavy atom. The average Bonchev–Trinajstić information content (AvgIpc) is 2.31. The minimum Gasteiger partial charge on any atom is -0.480 e. The van der Waals surface area contributed by atoms with E-state index < -0.39 is 5.97 Å². The van der Waals surface area contributed by atoms with E-state index in [2.05, 4.69) is 6.92 Å². The predicted octanol–water partition coefficient (Wildman–Crippen LogP) is 2.76. The molecule has 0 saturated heterocycles. The Morgan fingerprint density at radius 3 is 2.41 bits per heavy atom. The van der Waals surface area contributed by atoms with E-state index in [1.165, 1.54) is 5.56 Å². The Hall–Kier alpha value is -1.35. The molecule has 0 bridgehead atoms. The first-order chi connectivity index (χ1) is 8.19. The van der Waals surface area contributed by atoms with Crippen molar-refractivity contribution >= 4 is 5.97 Å². The highest BCUT2D eigenvalue weighted by molar-refractivity contribution is 5.73. The molecule has 17 heavy (non-hydrogen) atoms. The Bertz CT molecular complexity index is 337. The number of hydrogen-bond acceptors (Lipinski definition) is 2. The molecule has 1 atom stereocenters. The molecule has 1 rings (SSSR count). The summed E-state index contributed by atoms with van der Waals surface area (Å²) in [6.07, 6.45) is 1.61. The van der Waals surface area contributed by atoms with Crippen LogP contribution >= 0.6 is 0 Å². The fraction of sp³-hybridized carbons (Fsp3) is 0.500. The zero-order chi connectivity index (χ0) is 12.7. The molecule has 0 aromatic heterocycles. The third-order valence-corrected chi connectivity index (χ3v) is 2.85. The number of hydrogen-bond donors (Lipinski definition) is 1. The second kappa shape index (κ2) is 7.07. The molecule has 1 aromatic carbocycles. The van der Waals surface area contributed by atoms with Gasteiger partial charge in [0.15, 0.2) is 0 Å². The molecule has 1 N–H and O–H groups in total. The third kappa shape index (κ3) is 4.19. The summed E-state index contributed by atoms with van der Waals surface area (Å²) in [4.78, 5) is 13.2. The monoisotopic (exact) mass is 235 g/mol. The molecule has 94 valence electrons. The first-order valence-electron chi connectivity index (χ1n) is 6.19. The number of rotatable bonds is 7. The predicted molar refractivity (Wildman–Crippen MR) is 68.9 cm³/mol. The van der Waals surface area contributed by atoms with E-state index in [1.807, 2.05) is 42.2 Å². The summed E-state index contributed by atoms with van der Waals surface area (Å²) in [7, 11) is 0. The van der Waals surface area contributed by atoms with E-state index in [0.717, 1.165) is 13.0 Å². The molecular weight excluding hydrogens is 214 g/mol. The number of nitrogens with zero attached hydrogens (tertiary/aromatic N) is 1. The van der Waals surface area contributed by atoms with Gasteiger partial charge in [0, 0.05) is 6.54 Å². The van der Waals surface area contributed by atoms with Gasteiger partial charge in [-0.15, -0.1) is 0 Å². The Balaban J connectivity index is 2.75. The van der Waals surface area contributed by atoms with E-state index in [4.69, 9.17) is 0 Å². The van der Waals surface area contributed by atoms with Crippen LogP contribution in [-0.4, -0.2) is 28.6 Å². The highest BCUT2D eigenvalue weighted by Gasteiger charge is 2.22. The van der Waals surface area contributed by atoms with Crippen LogP contribution in [0.5, 0.6) is 0 Å². The maximum absolute atomic E-state index is 11.2. The number of carboxylic acid groups (broad SMARTS) is 1. The lowest BCUT2D eigenvalue weighted by Gasteiger charge is -2.27. The van der Waals surface area contributed by atoms with Gasteiger partial charge in [-0.1, -0.05) is 44.2 Å². The zero-order valence-corrected chi connectivity index (χ0v) is 10.6. The lowest BCUT2D eigenvalue weighted by Crippen LogP contribution is -2.40. The lowest BCUT2D eigenvalue weighted by atomic mass is 10.1. The van der Waals surface area contributed by atoms with Crippen molar-refractivity contribution < 1.29 is 9.90 Å². The molecule has 1 unspecified atom stereocenters. The second-order valence-corrected chi connectivity index (χ2v) is 4.22. The van der Waals surface area contributed by atoms with Crippen LogP contribution in [0.4, 0.5) is 0 Å². The topological polar surface area (TPSA) is 40.5 Å². The normalized spacial score (nSPS) is 12.6. The van der Waals surface area contributed by atoms with E-state index in [9.17, 15) is 9.90 Å². The molecular formula is C14H21NO2. The first kappa shape index (κ1) is 13.7. The maximum atomic E-state index is 11.2. The van der Waals surface area contributed by atoms with Crippen LogP contribution in [0.25, 0.3) is 0 Å². The van der Waals surface area contributed by atoms with Crippen molar-refractivity contribution in [1.82, 2.24) is 4.90 Å². The fourth-order valence-electron chi connectivity index (χ4n) is 2.04. The largest absolute Gasteiger partial charge is 0.480 e. The van der Waals surface area contributed by atoms with Gasteiger partial charge in [0.2, 0.25) is 0 Å². The van der Waals surface area contributed by atoms with Crippen LogP contribution in [0.3, 0.4) is 0 Å². The Morgan fingerprint density at radius 1 is 1.29 bits per heavy atom. The van der Waals surface area contributed by atoms with Crippen LogP contribution in [0, 0.1) is 0 Å². The molecule has 0 radical (unpaired) electrons. The van der Waals surface area contributed by atoms with Crippen LogP contribution < -0.4 is 0 Å². The van der Waals surface area contributed by atoms with E-state index in [1.54, 1.807) is 0 Å². The van der Waals surface area contributed by atoms with Crippen LogP contribution in [0.1, 0.15) is 32.3 Å². The molecule has 3 heteroatoms. The zero-order valence-electron chi connectivity index (χ0n) is 10.6. The minimum atomic E-state index is -0.725. The summed E-state index contributed by atoms with van der Waals surface area (Å²) in [6.45, 7) is 5.53. The van der Waals surface area contributed by atoms with Crippen molar-refractivity contribution in [3.8, 4) is 0 Å². The van der Waals surface area contributed by atoms with Gasteiger partial charge in [-0.2, -0.15) is 0 Å². The lowest BCUT2D eigenvalue weighted by molar-refractivity contribution is -0.143. The minimum absolute atomic E-state index is 0.379. The van der Waals surface area contributed by atoms with Crippen molar-refractivity contribution in [1.29, 1.82) is 0 Å². The van der Waals surface area contributed by atoms with Crippen molar-refractivity contribution in [2.45, 2.75) is 39.3 Å². The van der Waals surface area contributed by atoms with Gasteiger partial charge in [0.05, 0.1) is 0 Å². The SMILES string of the molecule is CCCN(Cc1ccccc1)C(CC)C(=O)O. The highest BCUT2D eigenvalue weighted by Crippen LogP contribution is 2.11. The van der Waals surface area contributed by atoms with Gasteiger partial charge in [-0.05, 0) is 24.9 Å². The summed E-state index contributed by atoms with van der Waals surface area (Å²) in [6, 6.07) is 9.65. The molecule has 0 spiro atoms. The van der Waals surface area contributed by atoms with Crippen LogP contribution in [0.2, 0.25) is 0 Å². The van der Waals surface area contributed by atoms with E-state index >= 15 is 0 Å². The van der Waals surface area contributed by atoms with E-state index in [-0.39, 0.29) is 6.04 Å². The van der Waals surface area contributed by atoms with Gasteiger partial charge < -0.3 is 5.11 Å². The number of carbonyl (C=O) groups is 1. The molecule has 0 aliphatic carbocycles. The molecule has 0 fully saturated rings. The fourth-order valence-corrected chi connectivity index (χ4v) is 2.04. The Labute approximate surface area is 103 Å². The molecule has 0 aliphatic heterocycles.